The van der Waals surface area contributed by atoms with Crippen molar-refractivity contribution in [2.45, 2.75) is 38.6 Å². The van der Waals surface area contributed by atoms with E-state index in [1.54, 1.807) is 6.92 Å². The van der Waals surface area contributed by atoms with Gasteiger partial charge in [-0.15, -0.1) is 0 Å². The molecule has 3 heteroatoms. The molecule has 0 spiro atoms. The first kappa shape index (κ1) is 8.24. The lowest BCUT2D eigenvalue weighted by Crippen LogP contribution is -2.25. The van der Waals surface area contributed by atoms with Crippen LogP contribution >= 0.6 is 0 Å². The normalized spacial score (nSPS) is 23.4. The van der Waals surface area contributed by atoms with E-state index in [2.05, 4.69) is 5.32 Å². The molecule has 62 valence electrons. The average molecular weight is 155 g/mol. The van der Waals surface area contributed by atoms with Crippen LogP contribution in [0, 0.1) is 0 Å². The Hall–Kier alpha value is -0.860. The fraction of sp³-hybridized carbons (Fsp3) is 0.750. The van der Waals surface area contributed by atoms with E-state index in [0.717, 1.165) is 12.8 Å². The van der Waals surface area contributed by atoms with Crippen molar-refractivity contribution >= 4 is 11.7 Å². The molecule has 1 heterocycles. The van der Waals surface area contributed by atoms with Crippen LogP contribution in [0.1, 0.15) is 32.6 Å². The van der Waals surface area contributed by atoms with Crippen LogP contribution in [0.25, 0.3) is 0 Å². The Morgan fingerprint density at radius 3 is 2.91 bits per heavy atom. The molecule has 0 aromatic heterocycles. The number of hydrogen-bond donors (Lipinski definition) is 1. The van der Waals surface area contributed by atoms with Gasteiger partial charge >= 0.3 is 0 Å². The quantitative estimate of drug-likeness (QED) is 0.650. The molecule has 0 saturated carbocycles. The van der Waals surface area contributed by atoms with Crippen LogP contribution in [0.2, 0.25) is 0 Å². The van der Waals surface area contributed by atoms with Gasteiger partial charge in [-0.2, -0.15) is 0 Å². The van der Waals surface area contributed by atoms with E-state index in [1.807, 2.05) is 0 Å². The average Bonchev–Trinajstić information content (AvgIpc) is 2.31. The van der Waals surface area contributed by atoms with Crippen molar-refractivity contribution in [1.82, 2.24) is 5.32 Å². The fourth-order valence-electron chi connectivity index (χ4n) is 1.27. The van der Waals surface area contributed by atoms with Gasteiger partial charge in [0.2, 0.25) is 5.91 Å². The summed E-state index contributed by atoms with van der Waals surface area (Å²) in [5.74, 6) is 0.324. The highest BCUT2D eigenvalue weighted by Crippen LogP contribution is 2.11. The summed E-state index contributed by atoms with van der Waals surface area (Å²) in [4.78, 5) is 21.3. The lowest BCUT2D eigenvalue weighted by atomic mass is 10.1. The van der Waals surface area contributed by atoms with Crippen LogP contribution in [0.5, 0.6) is 0 Å². The first-order valence-corrected chi connectivity index (χ1v) is 3.97. The van der Waals surface area contributed by atoms with Crippen LogP contribution in [-0.2, 0) is 9.59 Å². The SMILES string of the molecule is CC(=O)CC[C@H]1CCC(=O)N1. The molecule has 1 fully saturated rings. The number of carbonyl (C=O) groups excluding carboxylic acids is 2. The lowest BCUT2D eigenvalue weighted by molar-refractivity contribution is -0.120. The molecule has 1 rings (SSSR count). The first-order valence-electron chi connectivity index (χ1n) is 3.97. The van der Waals surface area contributed by atoms with E-state index in [4.69, 9.17) is 0 Å². The maximum Gasteiger partial charge on any atom is 0.220 e. The van der Waals surface area contributed by atoms with E-state index in [-0.39, 0.29) is 17.7 Å². The van der Waals surface area contributed by atoms with E-state index in [1.165, 1.54) is 0 Å². The second kappa shape index (κ2) is 3.51. The van der Waals surface area contributed by atoms with Crippen LogP contribution < -0.4 is 5.32 Å². The van der Waals surface area contributed by atoms with Gasteiger partial charge < -0.3 is 10.1 Å². The van der Waals surface area contributed by atoms with E-state index >= 15 is 0 Å². The van der Waals surface area contributed by atoms with Crippen molar-refractivity contribution in [3.8, 4) is 0 Å². The summed E-state index contributed by atoms with van der Waals surface area (Å²) in [5.41, 5.74) is 0. The third-order valence-electron chi connectivity index (χ3n) is 1.93. The van der Waals surface area contributed by atoms with Crippen LogP contribution in [0.15, 0.2) is 0 Å². The molecule has 0 unspecified atom stereocenters. The number of amides is 1. The zero-order chi connectivity index (χ0) is 8.27. The molecule has 0 aromatic rings. The number of nitrogens with one attached hydrogen (secondary N) is 1. The van der Waals surface area contributed by atoms with Crippen molar-refractivity contribution in [3.63, 3.8) is 0 Å². The van der Waals surface area contributed by atoms with Crippen LogP contribution in [0.3, 0.4) is 0 Å². The summed E-state index contributed by atoms with van der Waals surface area (Å²) >= 11 is 0. The van der Waals surface area contributed by atoms with Crippen molar-refractivity contribution in [2.24, 2.45) is 0 Å². The maximum atomic E-state index is 10.7. The predicted octanol–water partition coefficient (Wildman–Crippen LogP) is 0.634. The van der Waals surface area contributed by atoms with Crippen molar-refractivity contribution in [1.29, 1.82) is 0 Å². The molecule has 0 bridgehead atoms. The van der Waals surface area contributed by atoms with E-state index in [0.29, 0.717) is 12.8 Å². The smallest absolute Gasteiger partial charge is 0.220 e. The number of Topliss-reactive ketones (excluding diaryl/α,β-unsaturated/α-hetero) is 1. The topological polar surface area (TPSA) is 46.2 Å². The van der Waals surface area contributed by atoms with Gasteiger partial charge in [0.1, 0.15) is 5.78 Å². The van der Waals surface area contributed by atoms with Crippen molar-refractivity contribution in [3.05, 3.63) is 0 Å². The molecule has 1 N–H and O–H groups in total. The predicted molar refractivity (Wildman–Crippen MR) is 41.1 cm³/mol. The number of hydrogen-bond acceptors (Lipinski definition) is 2. The van der Waals surface area contributed by atoms with Gasteiger partial charge in [-0.05, 0) is 19.8 Å². The molecular weight excluding hydrogens is 142 g/mol. The second-order valence-corrected chi connectivity index (χ2v) is 3.04. The molecular formula is C8H13NO2. The minimum atomic E-state index is 0.124. The molecule has 1 aliphatic heterocycles. The summed E-state index contributed by atoms with van der Waals surface area (Å²) < 4.78 is 0. The standard InChI is InChI=1S/C8H13NO2/c1-6(10)2-3-7-4-5-8(11)9-7/h7H,2-5H2,1H3,(H,9,11)/t7-/m0/s1. The molecule has 0 aliphatic carbocycles. The van der Waals surface area contributed by atoms with Gasteiger partial charge in [0, 0.05) is 18.9 Å². The third kappa shape index (κ3) is 2.70. The summed E-state index contributed by atoms with van der Waals surface area (Å²) in [6, 6.07) is 0.256. The van der Waals surface area contributed by atoms with Gasteiger partial charge in [-0.25, -0.2) is 0 Å². The highest BCUT2D eigenvalue weighted by atomic mass is 16.2. The third-order valence-corrected chi connectivity index (χ3v) is 1.93. The van der Waals surface area contributed by atoms with E-state index in [9.17, 15) is 9.59 Å². The number of carbonyl (C=O) groups is 2. The summed E-state index contributed by atoms with van der Waals surface area (Å²) in [6.45, 7) is 1.58. The van der Waals surface area contributed by atoms with Gasteiger partial charge in [0.15, 0.2) is 0 Å². The van der Waals surface area contributed by atoms with E-state index < -0.39 is 0 Å². The maximum absolute atomic E-state index is 10.7. The van der Waals surface area contributed by atoms with Gasteiger partial charge in [-0.1, -0.05) is 0 Å². The molecule has 1 saturated heterocycles. The molecule has 1 amide bonds. The largest absolute Gasteiger partial charge is 0.353 e. The zero-order valence-corrected chi connectivity index (χ0v) is 6.72. The Bertz CT molecular complexity index is 177. The molecule has 3 nitrogen and oxygen atoms in total. The van der Waals surface area contributed by atoms with Crippen molar-refractivity contribution < 1.29 is 9.59 Å². The highest BCUT2D eigenvalue weighted by Gasteiger charge is 2.20. The number of rotatable bonds is 3. The van der Waals surface area contributed by atoms with Crippen LogP contribution in [-0.4, -0.2) is 17.7 Å². The Kier molecular flexibility index (Phi) is 2.63. The molecule has 1 aliphatic rings. The molecule has 1 atom stereocenters. The molecule has 0 aromatic carbocycles. The van der Waals surface area contributed by atoms with Gasteiger partial charge in [-0.3, -0.25) is 4.79 Å². The number of ketones is 1. The Balaban J connectivity index is 2.18. The summed E-state index contributed by atoms with van der Waals surface area (Å²) in [7, 11) is 0. The highest BCUT2D eigenvalue weighted by molar-refractivity contribution is 5.79. The van der Waals surface area contributed by atoms with Gasteiger partial charge in [0.05, 0.1) is 0 Å². The monoisotopic (exact) mass is 155 g/mol. The minimum absolute atomic E-state index is 0.124. The summed E-state index contributed by atoms with van der Waals surface area (Å²) in [5, 5.41) is 2.82. The lowest BCUT2D eigenvalue weighted by Gasteiger charge is -2.06. The summed E-state index contributed by atoms with van der Waals surface area (Å²) in [6.07, 6.45) is 2.92. The molecule has 11 heavy (non-hydrogen) atoms. The zero-order valence-electron chi connectivity index (χ0n) is 6.72. The molecule has 0 radical (unpaired) electrons. The van der Waals surface area contributed by atoms with Gasteiger partial charge in [0.25, 0.3) is 0 Å². The van der Waals surface area contributed by atoms with Crippen molar-refractivity contribution in [2.75, 3.05) is 0 Å². The Labute approximate surface area is 66.2 Å². The van der Waals surface area contributed by atoms with Crippen LogP contribution in [0.4, 0.5) is 0 Å². The first-order chi connectivity index (χ1) is 5.18. The fourth-order valence-corrected chi connectivity index (χ4v) is 1.27. The minimum Gasteiger partial charge on any atom is -0.353 e. The Morgan fingerprint density at radius 1 is 1.73 bits per heavy atom. The second-order valence-electron chi connectivity index (χ2n) is 3.04. The Morgan fingerprint density at radius 2 is 2.45 bits per heavy atom.